The third kappa shape index (κ3) is 4.44. The number of carbonyl (C=O) groups is 1. The van der Waals surface area contributed by atoms with Gasteiger partial charge in [-0.3, -0.25) is 9.69 Å². The van der Waals surface area contributed by atoms with Crippen LogP contribution in [0.4, 0.5) is 0 Å². The summed E-state index contributed by atoms with van der Waals surface area (Å²) in [6.07, 6.45) is 8.77. The molecule has 3 aromatic heterocycles. The number of thioether (sulfide) groups is 1. The number of hydrogen-bond acceptors (Lipinski definition) is 7. The maximum atomic E-state index is 13.1. The van der Waals surface area contributed by atoms with Crippen LogP contribution >= 0.6 is 11.8 Å². The number of nitrogens with one attached hydrogen (secondary N) is 1. The molecular formula is C22H26N4O3S. The van der Waals surface area contributed by atoms with Crippen LogP contribution in [0.3, 0.4) is 0 Å². The average molecular weight is 427 g/mol. The molecule has 0 bridgehead atoms. The van der Waals surface area contributed by atoms with Crippen molar-refractivity contribution < 1.29 is 13.6 Å². The maximum Gasteiger partial charge on any atom is 0.255 e. The smallest absolute Gasteiger partial charge is 0.255 e. The van der Waals surface area contributed by atoms with Gasteiger partial charge >= 0.3 is 0 Å². The second-order valence-electron chi connectivity index (χ2n) is 7.33. The van der Waals surface area contributed by atoms with Gasteiger partial charge in [-0.05, 0) is 63.4 Å². The number of likely N-dealkylation sites (tertiary alicyclic amines) is 1. The molecule has 4 heterocycles. The Kier molecular flexibility index (Phi) is 6.54. The number of furan rings is 2. The molecule has 1 atom stereocenters. The number of aromatic nitrogens is 2. The van der Waals surface area contributed by atoms with E-state index >= 15 is 0 Å². The van der Waals surface area contributed by atoms with Crippen LogP contribution in [-0.4, -0.2) is 46.7 Å². The fourth-order valence-corrected chi connectivity index (χ4v) is 4.49. The Bertz CT molecular complexity index is 967. The summed E-state index contributed by atoms with van der Waals surface area (Å²) in [6, 6.07) is 7.50. The summed E-state index contributed by atoms with van der Waals surface area (Å²) in [5, 5.41) is 3.73. The van der Waals surface area contributed by atoms with Crippen molar-refractivity contribution in [1.82, 2.24) is 20.2 Å². The Morgan fingerprint density at radius 1 is 1.17 bits per heavy atom. The van der Waals surface area contributed by atoms with Gasteiger partial charge in [-0.15, -0.1) is 11.8 Å². The molecule has 30 heavy (non-hydrogen) atoms. The van der Waals surface area contributed by atoms with Crippen LogP contribution in [0.2, 0.25) is 0 Å². The van der Waals surface area contributed by atoms with Crippen molar-refractivity contribution in [1.29, 1.82) is 0 Å². The van der Waals surface area contributed by atoms with E-state index in [2.05, 4.69) is 20.2 Å². The topological polar surface area (TPSA) is 84.4 Å². The van der Waals surface area contributed by atoms with Crippen LogP contribution in [-0.2, 0) is 0 Å². The molecule has 1 unspecified atom stereocenters. The monoisotopic (exact) mass is 426 g/mol. The Hall–Kier alpha value is -2.58. The van der Waals surface area contributed by atoms with E-state index in [0.29, 0.717) is 34.4 Å². The Labute approximate surface area is 180 Å². The molecule has 0 aromatic carbocycles. The fourth-order valence-electron chi connectivity index (χ4n) is 3.87. The first-order chi connectivity index (χ1) is 14.7. The van der Waals surface area contributed by atoms with Crippen molar-refractivity contribution in [3.63, 3.8) is 0 Å². The zero-order valence-corrected chi connectivity index (χ0v) is 18.1. The first kappa shape index (κ1) is 20.7. The predicted molar refractivity (Wildman–Crippen MR) is 115 cm³/mol. The SMILES string of the molecule is CSc1nc(-c2ccco2)nc(C)c1C(=O)NCC(c1ccco1)N1CCCCC1. The van der Waals surface area contributed by atoms with Gasteiger partial charge in [-0.25, -0.2) is 9.97 Å². The summed E-state index contributed by atoms with van der Waals surface area (Å²) in [7, 11) is 0. The standard InChI is InChI=1S/C22H26N4O3S/c1-15-19(22(30-2)25-20(24-15)18-9-7-13-29-18)21(27)23-14-16(17-8-6-12-28-17)26-10-4-3-5-11-26/h6-9,12-13,16H,3-5,10-11,14H2,1-2H3,(H,23,27). The van der Waals surface area contributed by atoms with Crippen LogP contribution in [0.5, 0.6) is 0 Å². The molecule has 158 valence electrons. The Morgan fingerprint density at radius 3 is 2.60 bits per heavy atom. The minimum absolute atomic E-state index is 0.0191. The number of rotatable bonds is 7. The Balaban J connectivity index is 1.53. The van der Waals surface area contributed by atoms with Gasteiger partial charge in [0, 0.05) is 6.54 Å². The molecule has 1 N–H and O–H groups in total. The summed E-state index contributed by atoms with van der Waals surface area (Å²) in [5.74, 6) is 1.78. The van der Waals surface area contributed by atoms with Crippen molar-refractivity contribution in [3.8, 4) is 11.6 Å². The molecule has 0 saturated carbocycles. The lowest BCUT2D eigenvalue weighted by Gasteiger charge is -2.33. The van der Waals surface area contributed by atoms with E-state index in [-0.39, 0.29) is 11.9 Å². The molecule has 1 saturated heterocycles. The van der Waals surface area contributed by atoms with E-state index in [4.69, 9.17) is 8.83 Å². The van der Waals surface area contributed by atoms with Crippen LogP contribution in [0.1, 0.15) is 47.1 Å². The predicted octanol–water partition coefficient (Wildman–Crippen LogP) is 4.32. The van der Waals surface area contributed by atoms with Crippen molar-refractivity contribution in [2.75, 3.05) is 25.9 Å². The lowest BCUT2D eigenvalue weighted by Crippen LogP contribution is -2.40. The number of carbonyl (C=O) groups excluding carboxylic acids is 1. The summed E-state index contributed by atoms with van der Waals surface area (Å²) in [4.78, 5) is 24.6. The molecule has 1 amide bonds. The maximum absolute atomic E-state index is 13.1. The molecule has 8 heteroatoms. The number of amides is 1. The molecule has 1 fully saturated rings. The third-order valence-corrected chi connectivity index (χ3v) is 6.06. The highest BCUT2D eigenvalue weighted by atomic mass is 32.2. The molecule has 1 aliphatic heterocycles. The summed E-state index contributed by atoms with van der Waals surface area (Å²) in [6.45, 7) is 4.32. The van der Waals surface area contributed by atoms with E-state index in [0.717, 1.165) is 18.8 Å². The second kappa shape index (κ2) is 9.49. The molecule has 0 spiro atoms. The van der Waals surface area contributed by atoms with E-state index in [1.165, 1.54) is 31.0 Å². The van der Waals surface area contributed by atoms with E-state index in [1.807, 2.05) is 31.4 Å². The quantitative estimate of drug-likeness (QED) is 0.445. The van der Waals surface area contributed by atoms with Crippen LogP contribution in [0.15, 0.2) is 50.7 Å². The van der Waals surface area contributed by atoms with Gasteiger partial charge in [0.05, 0.1) is 29.8 Å². The molecule has 3 aromatic rings. The minimum Gasteiger partial charge on any atom is -0.468 e. The first-order valence-corrected chi connectivity index (χ1v) is 11.4. The van der Waals surface area contributed by atoms with Gasteiger partial charge < -0.3 is 14.2 Å². The molecule has 1 aliphatic rings. The van der Waals surface area contributed by atoms with Gasteiger partial charge in [-0.2, -0.15) is 0 Å². The summed E-state index contributed by atoms with van der Waals surface area (Å²) < 4.78 is 11.1. The van der Waals surface area contributed by atoms with Crippen molar-refractivity contribution in [2.45, 2.75) is 37.3 Å². The van der Waals surface area contributed by atoms with Crippen LogP contribution in [0.25, 0.3) is 11.6 Å². The van der Waals surface area contributed by atoms with Gasteiger partial charge in [-0.1, -0.05) is 6.42 Å². The highest BCUT2D eigenvalue weighted by Gasteiger charge is 2.26. The zero-order chi connectivity index (χ0) is 20.9. The lowest BCUT2D eigenvalue weighted by molar-refractivity contribution is 0.0909. The number of nitrogens with zero attached hydrogens (tertiary/aromatic N) is 3. The van der Waals surface area contributed by atoms with Crippen molar-refractivity contribution in [3.05, 3.63) is 53.8 Å². The summed E-state index contributed by atoms with van der Waals surface area (Å²) >= 11 is 1.43. The van der Waals surface area contributed by atoms with E-state index < -0.39 is 0 Å². The highest BCUT2D eigenvalue weighted by Crippen LogP contribution is 2.27. The van der Waals surface area contributed by atoms with Gasteiger partial charge in [0.25, 0.3) is 5.91 Å². The van der Waals surface area contributed by atoms with Gasteiger partial charge in [0.15, 0.2) is 11.6 Å². The fraction of sp³-hybridized carbons (Fsp3) is 0.409. The molecule has 0 aliphatic carbocycles. The molecular weight excluding hydrogens is 400 g/mol. The number of hydrogen-bond donors (Lipinski definition) is 1. The van der Waals surface area contributed by atoms with Crippen LogP contribution < -0.4 is 5.32 Å². The lowest BCUT2D eigenvalue weighted by atomic mass is 10.1. The van der Waals surface area contributed by atoms with Gasteiger partial charge in [0.2, 0.25) is 0 Å². The summed E-state index contributed by atoms with van der Waals surface area (Å²) in [5.41, 5.74) is 1.14. The number of aryl methyl sites for hydroxylation is 1. The van der Waals surface area contributed by atoms with Crippen LogP contribution in [0, 0.1) is 6.92 Å². The van der Waals surface area contributed by atoms with E-state index in [9.17, 15) is 4.79 Å². The van der Waals surface area contributed by atoms with Crippen molar-refractivity contribution >= 4 is 17.7 Å². The van der Waals surface area contributed by atoms with Crippen molar-refractivity contribution in [2.24, 2.45) is 0 Å². The molecule has 0 radical (unpaired) electrons. The number of piperidine rings is 1. The zero-order valence-electron chi connectivity index (χ0n) is 17.3. The largest absolute Gasteiger partial charge is 0.468 e. The normalized spacial score (nSPS) is 15.8. The minimum atomic E-state index is -0.170. The Morgan fingerprint density at radius 2 is 1.93 bits per heavy atom. The highest BCUT2D eigenvalue weighted by molar-refractivity contribution is 7.98. The van der Waals surface area contributed by atoms with Gasteiger partial charge in [0.1, 0.15) is 10.8 Å². The molecule has 4 rings (SSSR count). The third-order valence-electron chi connectivity index (χ3n) is 5.38. The van der Waals surface area contributed by atoms with E-state index in [1.54, 1.807) is 18.6 Å². The first-order valence-electron chi connectivity index (χ1n) is 10.2. The second-order valence-corrected chi connectivity index (χ2v) is 8.13. The average Bonchev–Trinajstić information content (AvgIpc) is 3.48. The molecule has 7 nitrogen and oxygen atoms in total.